The third kappa shape index (κ3) is 1.29. The molecule has 2 heteroatoms. The van der Waals surface area contributed by atoms with Gasteiger partial charge in [0.15, 0.2) is 0 Å². The van der Waals surface area contributed by atoms with Gasteiger partial charge in [-0.2, -0.15) is 0 Å². The fourth-order valence-electron chi connectivity index (χ4n) is 2.18. The van der Waals surface area contributed by atoms with Crippen molar-refractivity contribution in [1.29, 1.82) is 0 Å². The Bertz CT molecular complexity index is 312. The van der Waals surface area contributed by atoms with E-state index in [2.05, 4.69) is 6.92 Å². The summed E-state index contributed by atoms with van der Waals surface area (Å²) >= 11 is 0. The molecule has 1 N–H and O–H groups in total. The standard InChI is InChI=1S/C11H16O2/c1-7-4-9(7)11(3,12)10-6-13-5-8(10)2/h5-7,9,12H,4H2,1-3H3. The van der Waals surface area contributed by atoms with Crippen LogP contribution in [0.15, 0.2) is 16.9 Å². The maximum Gasteiger partial charge on any atom is 0.0966 e. The minimum atomic E-state index is -0.698. The lowest BCUT2D eigenvalue weighted by atomic mass is 9.90. The van der Waals surface area contributed by atoms with Gasteiger partial charge in [0, 0.05) is 5.56 Å². The summed E-state index contributed by atoms with van der Waals surface area (Å²) in [7, 11) is 0. The second kappa shape index (κ2) is 2.61. The van der Waals surface area contributed by atoms with Gasteiger partial charge in [-0.05, 0) is 37.7 Å². The molecule has 3 unspecified atom stereocenters. The van der Waals surface area contributed by atoms with Crippen molar-refractivity contribution < 1.29 is 9.52 Å². The average molecular weight is 180 g/mol. The van der Waals surface area contributed by atoms with Crippen LogP contribution in [0.5, 0.6) is 0 Å². The number of furan rings is 1. The van der Waals surface area contributed by atoms with Gasteiger partial charge in [0.05, 0.1) is 18.1 Å². The maximum absolute atomic E-state index is 10.3. The van der Waals surface area contributed by atoms with Crippen molar-refractivity contribution in [2.45, 2.75) is 32.8 Å². The van der Waals surface area contributed by atoms with Crippen LogP contribution in [-0.2, 0) is 5.60 Å². The SMILES string of the molecule is Cc1cocc1C(C)(O)C1CC1C. The van der Waals surface area contributed by atoms with E-state index < -0.39 is 5.60 Å². The lowest BCUT2D eigenvalue weighted by Crippen LogP contribution is -2.24. The smallest absolute Gasteiger partial charge is 0.0966 e. The van der Waals surface area contributed by atoms with Crippen LogP contribution in [0.3, 0.4) is 0 Å². The summed E-state index contributed by atoms with van der Waals surface area (Å²) in [6, 6.07) is 0. The van der Waals surface area contributed by atoms with E-state index in [9.17, 15) is 5.11 Å². The summed E-state index contributed by atoms with van der Waals surface area (Å²) in [6.45, 7) is 6.04. The van der Waals surface area contributed by atoms with Crippen molar-refractivity contribution in [2.24, 2.45) is 11.8 Å². The molecular formula is C11H16O2. The van der Waals surface area contributed by atoms with Crippen LogP contribution in [0.1, 0.15) is 31.4 Å². The maximum atomic E-state index is 10.3. The fraction of sp³-hybridized carbons (Fsp3) is 0.636. The number of hydrogen-bond donors (Lipinski definition) is 1. The Morgan fingerprint density at radius 1 is 1.54 bits per heavy atom. The van der Waals surface area contributed by atoms with Gasteiger partial charge >= 0.3 is 0 Å². The topological polar surface area (TPSA) is 33.4 Å². The first kappa shape index (κ1) is 8.82. The van der Waals surface area contributed by atoms with Crippen LogP contribution in [0.2, 0.25) is 0 Å². The molecule has 0 bridgehead atoms. The van der Waals surface area contributed by atoms with Crippen LogP contribution in [-0.4, -0.2) is 5.11 Å². The van der Waals surface area contributed by atoms with Crippen molar-refractivity contribution in [2.75, 3.05) is 0 Å². The van der Waals surface area contributed by atoms with Gasteiger partial charge in [-0.1, -0.05) is 6.92 Å². The zero-order valence-corrected chi connectivity index (χ0v) is 8.37. The molecule has 13 heavy (non-hydrogen) atoms. The summed E-state index contributed by atoms with van der Waals surface area (Å²) < 4.78 is 5.08. The van der Waals surface area contributed by atoms with Gasteiger partial charge in [-0.25, -0.2) is 0 Å². The largest absolute Gasteiger partial charge is 0.472 e. The normalized spacial score (nSPS) is 31.4. The monoisotopic (exact) mass is 180 g/mol. The lowest BCUT2D eigenvalue weighted by Gasteiger charge is -2.22. The van der Waals surface area contributed by atoms with Crippen molar-refractivity contribution in [3.05, 3.63) is 23.7 Å². The Labute approximate surface area is 78.6 Å². The van der Waals surface area contributed by atoms with E-state index >= 15 is 0 Å². The first-order valence-electron chi connectivity index (χ1n) is 4.79. The van der Waals surface area contributed by atoms with Gasteiger partial charge in [0.2, 0.25) is 0 Å². The summed E-state index contributed by atoms with van der Waals surface area (Å²) in [5.74, 6) is 1.05. The zero-order valence-electron chi connectivity index (χ0n) is 8.37. The highest BCUT2D eigenvalue weighted by molar-refractivity contribution is 5.28. The van der Waals surface area contributed by atoms with Crippen molar-refractivity contribution >= 4 is 0 Å². The highest BCUT2D eigenvalue weighted by Gasteiger charge is 2.48. The number of rotatable bonds is 2. The molecule has 2 rings (SSSR count). The molecule has 1 aliphatic carbocycles. The molecule has 72 valence electrons. The van der Waals surface area contributed by atoms with Crippen molar-refractivity contribution in [3.8, 4) is 0 Å². The molecule has 0 aliphatic heterocycles. The number of aryl methyl sites for hydroxylation is 1. The molecule has 0 radical (unpaired) electrons. The van der Waals surface area contributed by atoms with E-state index in [-0.39, 0.29) is 0 Å². The fourth-order valence-corrected chi connectivity index (χ4v) is 2.18. The Balaban J connectivity index is 2.29. The van der Waals surface area contributed by atoms with E-state index in [1.54, 1.807) is 12.5 Å². The van der Waals surface area contributed by atoms with Gasteiger partial charge < -0.3 is 9.52 Å². The predicted molar refractivity (Wildman–Crippen MR) is 50.3 cm³/mol. The molecule has 2 nitrogen and oxygen atoms in total. The van der Waals surface area contributed by atoms with Gasteiger partial charge in [0.1, 0.15) is 0 Å². The minimum absolute atomic E-state index is 0.406. The molecule has 0 aromatic carbocycles. The van der Waals surface area contributed by atoms with E-state index in [1.807, 2.05) is 13.8 Å². The van der Waals surface area contributed by atoms with Crippen molar-refractivity contribution in [1.82, 2.24) is 0 Å². The molecule has 1 aromatic heterocycles. The molecule has 0 amide bonds. The van der Waals surface area contributed by atoms with Crippen LogP contribution < -0.4 is 0 Å². The zero-order chi connectivity index (χ0) is 9.64. The molecule has 0 spiro atoms. The first-order valence-corrected chi connectivity index (χ1v) is 4.79. The minimum Gasteiger partial charge on any atom is -0.472 e. The second-order valence-electron chi connectivity index (χ2n) is 4.44. The quantitative estimate of drug-likeness (QED) is 0.758. The summed E-state index contributed by atoms with van der Waals surface area (Å²) in [5, 5.41) is 10.3. The summed E-state index contributed by atoms with van der Waals surface area (Å²) in [6.07, 6.45) is 4.48. The van der Waals surface area contributed by atoms with Crippen LogP contribution in [0.4, 0.5) is 0 Å². The van der Waals surface area contributed by atoms with E-state index in [0.717, 1.165) is 17.5 Å². The molecular weight excluding hydrogens is 164 g/mol. The molecule has 1 heterocycles. The summed E-state index contributed by atoms with van der Waals surface area (Å²) in [5.41, 5.74) is 1.29. The Kier molecular flexibility index (Phi) is 1.77. The Hall–Kier alpha value is -0.760. The number of hydrogen-bond acceptors (Lipinski definition) is 2. The molecule has 1 aromatic rings. The van der Waals surface area contributed by atoms with Crippen LogP contribution >= 0.6 is 0 Å². The van der Waals surface area contributed by atoms with Crippen LogP contribution in [0.25, 0.3) is 0 Å². The average Bonchev–Trinajstić information content (AvgIpc) is 2.60. The molecule has 1 saturated carbocycles. The highest BCUT2D eigenvalue weighted by Crippen LogP contribution is 2.51. The van der Waals surface area contributed by atoms with Gasteiger partial charge in [0.25, 0.3) is 0 Å². The third-order valence-corrected chi connectivity index (χ3v) is 3.23. The Morgan fingerprint density at radius 3 is 2.54 bits per heavy atom. The molecule has 1 aliphatic rings. The summed E-state index contributed by atoms with van der Waals surface area (Å²) in [4.78, 5) is 0. The van der Waals surface area contributed by atoms with E-state index in [4.69, 9.17) is 4.42 Å². The second-order valence-corrected chi connectivity index (χ2v) is 4.44. The first-order chi connectivity index (χ1) is 6.03. The molecule has 0 saturated heterocycles. The highest BCUT2D eigenvalue weighted by atomic mass is 16.3. The lowest BCUT2D eigenvalue weighted by molar-refractivity contribution is 0.0272. The predicted octanol–water partition coefficient (Wildman–Crippen LogP) is 2.45. The molecule has 1 fully saturated rings. The van der Waals surface area contributed by atoms with E-state index in [0.29, 0.717) is 11.8 Å². The third-order valence-electron chi connectivity index (χ3n) is 3.23. The van der Waals surface area contributed by atoms with Gasteiger partial charge in [-0.15, -0.1) is 0 Å². The Morgan fingerprint density at radius 2 is 2.15 bits per heavy atom. The number of aliphatic hydroxyl groups is 1. The van der Waals surface area contributed by atoms with E-state index in [1.165, 1.54) is 0 Å². The molecule has 3 atom stereocenters. The van der Waals surface area contributed by atoms with Gasteiger partial charge in [-0.3, -0.25) is 0 Å². The van der Waals surface area contributed by atoms with Crippen LogP contribution in [0, 0.1) is 18.8 Å². The van der Waals surface area contributed by atoms with Crippen molar-refractivity contribution in [3.63, 3.8) is 0 Å².